The quantitative estimate of drug-likeness (QED) is 0.843. The Hall–Kier alpha value is -2.18. The van der Waals surface area contributed by atoms with E-state index < -0.39 is 17.2 Å². The average Bonchev–Trinajstić information content (AvgIpc) is 2.86. The molecule has 108 valence electrons. The molecule has 0 bridgehead atoms. The Kier molecular flexibility index (Phi) is 3.87. The van der Waals surface area contributed by atoms with E-state index in [2.05, 4.69) is 4.98 Å². The molecule has 1 aromatic rings. The molecule has 1 N–H and O–H groups in total. The van der Waals surface area contributed by atoms with Crippen molar-refractivity contribution in [1.82, 2.24) is 14.5 Å². The summed E-state index contributed by atoms with van der Waals surface area (Å²) < 4.78 is 1.18. The minimum atomic E-state index is -1.14. The topological polar surface area (TPSA) is 92.5 Å². The van der Waals surface area contributed by atoms with E-state index in [0.717, 1.165) is 0 Å². The molecule has 1 atom stereocenters. The van der Waals surface area contributed by atoms with E-state index in [1.165, 1.54) is 21.9 Å². The molecule has 2 heterocycles. The van der Waals surface area contributed by atoms with Crippen LogP contribution < -0.4 is 5.69 Å². The van der Waals surface area contributed by atoms with Gasteiger partial charge in [-0.2, -0.15) is 0 Å². The van der Waals surface area contributed by atoms with E-state index in [4.69, 9.17) is 0 Å². The number of hydrogen-bond donors (Lipinski definition) is 1. The Morgan fingerprint density at radius 2 is 2.25 bits per heavy atom. The van der Waals surface area contributed by atoms with Gasteiger partial charge < -0.3 is 10.0 Å². The number of carbonyl (C=O) groups is 2. The van der Waals surface area contributed by atoms with Crippen molar-refractivity contribution in [2.75, 3.05) is 6.54 Å². The summed E-state index contributed by atoms with van der Waals surface area (Å²) in [5.41, 5.74) is -1.65. The number of likely N-dealkylation sites (tertiary alicyclic amines) is 1. The molecule has 0 spiro atoms. The van der Waals surface area contributed by atoms with Gasteiger partial charge in [-0.15, -0.1) is 0 Å². The molecule has 1 unspecified atom stereocenters. The summed E-state index contributed by atoms with van der Waals surface area (Å²) in [5, 5.41) is 9.43. The lowest BCUT2D eigenvalue weighted by Crippen LogP contribution is -2.53. The summed E-state index contributed by atoms with van der Waals surface area (Å²) in [4.78, 5) is 40.3. The molecule has 0 aromatic carbocycles. The molecule has 2 rings (SSSR count). The van der Waals surface area contributed by atoms with Crippen LogP contribution in [0.15, 0.2) is 23.3 Å². The van der Waals surface area contributed by atoms with Crippen LogP contribution in [-0.2, 0) is 16.1 Å². The van der Waals surface area contributed by atoms with E-state index in [1.807, 2.05) is 0 Å². The predicted octanol–water partition coefficient (Wildman–Crippen LogP) is 0.0991. The van der Waals surface area contributed by atoms with Crippen LogP contribution in [-0.4, -0.2) is 43.5 Å². The second-order valence-corrected chi connectivity index (χ2v) is 4.87. The smallest absolute Gasteiger partial charge is 0.347 e. The van der Waals surface area contributed by atoms with Crippen molar-refractivity contribution in [2.45, 2.75) is 38.3 Å². The first-order valence-corrected chi connectivity index (χ1v) is 6.56. The third kappa shape index (κ3) is 2.31. The molecule has 7 nitrogen and oxygen atoms in total. The van der Waals surface area contributed by atoms with E-state index in [0.29, 0.717) is 25.8 Å². The molecule has 1 aromatic heterocycles. The fourth-order valence-corrected chi connectivity index (χ4v) is 2.72. The summed E-state index contributed by atoms with van der Waals surface area (Å²) in [5.74, 6) is -1.34. The third-order valence-electron chi connectivity index (χ3n) is 3.86. The number of carbonyl (C=O) groups excluding carboxylic acids is 1. The lowest BCUT2D eigenvalue weighted by atomic mass is 9.93. The van der Waals surface area contributed by atoms with Gasteiger partial charge in [0, 0.05) is 18.9 Å². The van der Waals surface area contributed by atoms with Gasteiger partial charge in [0.15, 0.2) is 0 Å². The van der Waals surface area contributed by atoms with Crippen molar-refractivity contribution >= 4 is 11.9 Å². The van der Waals surface area contributed by atoms with Crippen LogP contribution in [0.5, 0.6) is 0 Å². The number of aliphatic carboxylic acids is 1. The van der Waals surface area contributed by atoms with Gasteiger partial charge in [0.05, 0.1) is 0 Å². The Morgan fingerprint density at radius 1 is 1.50 bits per heavy atom. The van der Waals surface area contributed by atoms with Crippen molar-refractivity contribution < 1.29 is 14.7 Å². The molecule has 1 aliphatic heterocycles. The molecule has 1 amide bonds. The SMILES string of the molecule is CCC1(C(=O)O)CCCN1C(=O)Cn1cccnc1=O. The number of rotatable bonds is 4. The minimum Gasteiger partial charge on any atom is -0.479 e. The van der Waals surface area contributed by atoms with Crippen molar-refractivity contribution in [3.8, 4) is 0 Å². The monoisotopic (exact) mass is 279 g/mol. The first-order chi connectivity index (χ1) is 9.51. The lowest BCUT2D eigenvalue weighted by Gasteiger charge is -2.34. The summed E-state index contributed by atoms with van der Waals surface area (Å²) in [6, 6.07) is 1.56. The van der Waals surface area contributed by atoms with E-state index in [9.17, 15) is 19.5 Å². The maximum absolute atomic E-state index is 12.3. The highest BCUT2D eigenvalue weighted by molar-refractivity contribution is 5.87. The van der Waals surface area contributed by atoms with E-state index >= 15 is 0 Å². The van der Waals surface area contributed by atoms with Crippen LogP contribution in [0.25, 0.3) is 0 Å². The Morgan fingerprint density at radius 3 is 2.85 bits per heavy atom. The van der Waals surface area contributed by atoms with E-state index in [1.54, 1.807) is 13.0 Å². The highest BCUT2D eigenvalue weighted by Crippen LogP contribution is 2.32. The number of hydrogen-bond acceptors (Lipinski definition) is 4. The van der Waals surface area contributed by atoms with Crippen LogP contribution in [0, 0.1) is 0 Å². The van der Waals surface area contributed by atoms with E-state index in [-0.39, 0.29) is 12.5 Å². The average molecular weight is 279 g/mol. The second kappa shape index (κ2) is 5.44. The highest BCUT2D eigenvalue weighted by Gasteiger charge is 2.48. The normalized spacial score (nSPS) is 21.9. The zero-order valence-corrected chi connectivity index (χ0v) is 11.3. The molecule has 0 radical (unpaired) electrons. The zero-order valence-electron chi connectivity index (χ0n) is 11.3. The molecule has 1 fully saturated rings. The van der Waals surface area contributed by atoms with Gasteiger partial charge in [-0.05, 0) is 25.3 Å². The molecular weight excluding hydrogens is 262 g/mol. The van der Waals surface area contributed by atoms with Crippen LogP contribution in [0.1, 0.15) is 26.2 Å². The second-order valence-electron chi connectivity index (χ2n) is 4.87. The number of aromatic nitrogens is 2. The molecule has 7 heteroatoms. The molecular formula is C13H17N3O4. The summed E-state index contributed by atoms with van der Waals surface area (Å²) in [6.07, 6.45) is 4.29. The zero-order chi connectivity index (χ0) is 14.8. The van der Waals surface area contributed by atoms with Crippen molar-refractivity contribution in [3.05, 3.63) is 28.9 Å². The maximum atomic E-state index is 12.3. The molecule has 0 saturated carbocycles. The predicted molar refractivity (Wildman–Crippen MR) is 70.1 cm³/mol. The highest BCUT2D eigenvalue weighted by atomic mass is 16.4. The first kappa shape index (κ1) is 14.2. The maximum Gasteiger partial charge on any atom is 0.347 e. The lowest BCUT2D eigenvalue weighted by molar-refractivity contribution is -0.157. The largest absolute Gasteiger partial charge is 0.479 e. The standard InChI is InChI=1S/C13H17N3O4/c1-2-13(11(18)19)5-3-8-16(13)10(17)9-15-7-4-6-14-12(15)20/h4,6-7H,2-3,5,8-9H2,1H3,(H,18,19). The van der Waals surface area contributed by atoms with Gasteiger partial charge in [0.25, 0.3) is 0 Å². The van der Waals surface area contributed by atoms with Crippen molar-refractivity contribution in [3.63, 3.8) is 0 Å². The van der Waals surface area contributed by atoms with Crippen LogP contribution >= 0.6 is 0 Å². The van der Waals surface area contributed by atoms with Crippen LogP contribution in [0.2, 0.25) is 0 Å². The van der Waals surface area contributed by atoms with Gasteiger partial charge in [-0.1, -0.05) is 6.92 Å². The van der Waals surface area contributed by atoms with Crippen LogP contribution in [0.3, 0.4) is 0 Å². The Bertz CT molecular complexity index is 583. The first-order valence-electron chi connectivity index (χ1n) is 6.56. The number of carboxylic acids is 1. The fraction of sp³-hybridized carbons (Fsp3) is 0.538. The van der Waals surface area contributed by atoms with Gasteiger partial charge in [0.1, 0.15) is 12.1 Å². The third-order valence-corrected chi connectivity index (χ3v) is 3.86. The van der Waals surface area contributed by atoms with Crippen molar-refractivity contribution in [2.24, 2.45) is 0 Å². The van der Waals surface area contributed by atoms with Crippen LogP contribution in [0.4, 0.5) is 0 Å². The Labute approximate surface area is 115 Å². The molecule has 20 heavy (non-hydrogen) atoms. The summed E-state index contributed by atoms with van der Waals surface area (Å²) >= 11 is 0. The number of nitrogens with zero attached hydrogens (tertiary/aromatic N) is 3. The minimum absolute atomic E-state index is 0.179. The molecule has 1 aliphatic rings. The van der Waals surface area contributed by atoms with Gasteiger partial charge in [-0.3, -0.25) is 9.36 Å². The molecule has 1 saturated heterocycles. The van der Waals surface area contributed by atoms with Gasteiger partial charge in [-0.25, -0.2) is 14.6 Å². The van der Waals surface area contributed by atoms with Crippen molar-refractivity contribution in [1.29, 1.82) is 0 Å². The summed E-state index contributed by atoms with van der Waals surface area (Å²) in [6.45, 7) is 1.99. The van der Waals surface area contributed by atoms with Gasteiger partial charge in [0.2, 0.25) is 5.91 Å². The number of amides is 1. The number of carboxylic acid groups (broad SMARTS) is 1. The Balaban J connectivity index is 2.23. The summed E-state index contributed by atoms with van der Waals surface area (Å²) in [7, 11) is 0. The molecule has 0 aliphatic carbocycles. The van der Waals surface area contributed by atoms with Gasteiger partial charge >= 0.3 is 11.7 Å². The fourth-order valence-electron chi connectivity index (χ4n) is 2.72.